The van der Waals surface area contributed by atoms with Gasteiger partial charge < -0.3 is 14.3 Å². The van der Waals surface area contributed by atoms with Gasteiger partial charge in [-0.1, -0.05) is 12.1 Å². The smallest absolute Gasteiger partial charge is 0.242 e. The van der Waals surface area contributed by atoms with Crippen molar-refractivity contribution < 1.29 is 9.13 Å². The fourth-order valence-corrected chi connectivity index (χ4v) is 2.52. The normalized spacial score (nSPS) is 11.0. The van der Waals surface area contributed by atoms with Gasteiger partial charge in [-0.3, -0.25) is 0 Å². The largest absolute Gasteiger partial charge is 0.479 e. The van der Waals surface area contributed by atoms with Crippen molar-refractivity contribution in [2.24, 2.45) is 0 Å². The van der Waals surface area contributed by atoms with Crippen LogP contribution in [0.15, 0.2) is 30.6 Å². The lowest BCUT2D eigenvalue weighted by Crippen LogP contribution is -2.03. The van der Waals surface area contributed by atoms with Crippen LogP contribution in [-0.2, 0) is 13.0 Å². The summed E-state index contributed by atoms with van der Waals surface area (Å²) in [6.45, 7) is 0.600. The molecule has 0 aliphatic rings. The van der Waals surface area contributed by atoms with Crippen molar-refractivity contribution in [3.05, 3.63) is 46.7 Å². The summed E-state index contributed by atoms with van der Waals surface area (Å²) in [5.41, 5.74) is 2.26. The second kappa shape index (κ2) is 5.61. The number of methoxy groups -OCH3 is 1. The Balaban J connectivity index is 1.94. The standard InChI is InChI=1S/C14H13FN4OS/c1-20-13-11-12(16-8-17-13)19(14(21)18-11)6-5-9-3-2-4-10(15)7-9/h2-4,7-8H,5-6H2,1H3,(H,18,21). The molecule has 0 bridgehead atoms. The maximum atomic E-state index is 13.2. The molecule has 0 spiro atoms. The zero-order valence-electron chi connectivity index (χ0n) is 11.3. The molecular weight excluding hydrogens is 291 g/mol. The van der Waals surface area contributed by atoms with E-state index in [1.54, 1.807) is 13.2 Å². The Kier molecular flexibility index (Phi) is 3.66. The van der Waals surface area contributed by atoms with E-state index >= 15 is 0 Å². The van der Waals surface area contributed by atoms with E-state index in [1.807, 2.05) is 10.6 Å². The molecule has 108 valence electrons. The van der Waals surface area contributed by atoms with Crippen molar-refractivity contribution in [2.45, 2.75) is 13.0 Å². The lowest BCUT2D eigenvalue weighted by molar-refractivity contribution is 0.401. The highest BCUT2D eigenvalue weighted by molar-refractivity contribution is 7.71. The van der Waals surface area contributed by atoms with Crippen molar-refractivity contribution in [3.8, 4) is 5.88 Å². The highest BCUT2D eigenvalue weighted by atomic mass is 32.1. The number of aromatic amines is 1. The second-order valence-corrected chi connectivity index (χ2v) is 4.93. The third-order valence-corrected chi connectivity index (χ3v) is 3.55. The molecule has 2 heterocycles. The van der Waals surface area contributed by atoms with Gasteiger partial charge in [0.15, 0.2) is 10.4 Å². The number of rotatable bonds is 4. The Bertz CT molecular complexity index is 842. The lowest BCUT2D eigenvalue weighted by Gasteiger charge is -2.05. The van der Waals surface area contributed by atoms with E-state index in [2.05, 4.69) is 15.0 Å². The van der Waals surface area contributed by atoms with Crippen molar-refractivity contribution >= 4 is 23.4 Å². The summed E-state index contributed by atoms with van der Waals surface area (Å²) in [5.74, 6) is 0.217. The van der Waals surface area contributed by atoms with Gasteiger partial charge in [0.05, 0.1) is 7.11 Å². The van der Waals surface area contributed by atoms with Crippen molar-refractivity contribution in [2.75, 3.05) is 7.11 Å². The van der Waals surface area contributed by atoms with Crippen molar-refractivity contribution in [1.29, 1.82) is 0 Å². The molecule has 0 amide bonds. The van der Waals surface area contributed by atoms with Crippen LogP contribution in [0, 0.1) is 10.6 Å². The summed E-state index contributed by atoms with van der Waals surface area (Å²) in [7, 11) is 1.54. The second-order valence-electron chi connectivity index (χ2n) is 4.54. The molecule has 0 atom stereocenters. The summed E-state index contributed by atoms with van der Waals surface area (Å²) in [6.07, 6.45) is 2.09. The highest BCUT2D eigenvalue weighted by Gasteiger charge is 2.11. The maximum Gasteiger partial charge on any atom is 0.242 e. The molecule has 7 heteroatoms. The van der Waals surface area contributed by atoms with E-state index in [-0.39, 0.29) is 5.82 Å². The van der Waals surface area contributed by atoms with Gasteiger partial charge in [0.25, 0.3) is 0 Å². The average Bonchev–Trinajstić information content (AvgIpc) is 2.80. The van der Waals surface area contributed by atoms with Gasteiger partial charge in [0, 0.05) is 6.54 Å². The molecule has 2 aromatic heterocycles. The topological polar surface area (TPSA) is 55.7 Å². The first kappa shape index (κ1) is 13.7. The fraction of sp³-hybridized carbons (Fsp3) is 0.214. The first-order chi connectivity index (χ1) is 10.2. The Morgan fingerprint density at radius 3 is 3.00 bits per heavy atom. The third-order valence-electron chi connectivity index (χ3n) is 3.23. The van der Waals surface area contributed by atoms with Crippen LogP contribution in [0.3, 0.4) is 0 Å². The Labute approximate surface area is 125 Å². The summed E-state index contributed by atoms with van der Waals surface area (Å²) >= 11 is 5.31. The molecule has 0 unspecified atom stereocenters. The fourth-order valence-electron chi connectivity index (χ4n) is 2.24. The van der Waals surface area contributed by atoms with Crippen LogP contribution in [0.1, 0.15) is 5.56 Å². The summed E-state index contributed by atoms with van der Waals surface area (Å²) in [6, 6.07) is 6.54. The molecule has 0 saturated heterocycles. The molecule has 5 nitrogen and oxygen atoms in total. The molecule has 3 rings (SSSR count). The van der Waals surface area contributed by atoms with Crippen LogP contribution in [-0.4, -0.2) is 26.6 Å². The van der Waals surface area contributed by atoms with Crippen LogP contribution in [0.25, 0.3) is 11.2 Å². The van der Waals surface area contributed by atoms with Crippen LogP contribution >= 0.6 is 12.2 Å². The minimum Gasteiger partial charge on any atom is -0.479 e. The number of halogens is 1. The molecule has 3 aromatic rings. The van der Waals surface area contributed by atoms with E-state index < -0.39 is 0 Å². The Hall–Kier alpha value is -2.28. The van der Waals surface area contributed by atoms with E-state index in [9.17, 15) is 4.39 Å². The minimum atomic E-state index is -0.237. The van der Waals surface area contributed by atoms with Gasteiger partial charge in [-0.15, -0.1) is 0 Å². The Morgan fingerprint density at radius 1 is 1.38 bits per heavy atom. The van der Waals surface area contributed by atoms with Crippen molar-refractivity contribution in [3.63, 3.8) is 0 Å². The Morgan fingerprint density at radius 2 is 2.24 bits per heavy atom. The van der Waals surface area contributed by atoms with Gasteiger partial charge in [-0.2, -0.15) is 4.98 Å². The number of benzene rings is 1. The van der Waals surface area contributed by atoms with Gasteiger partial charge >= 0.3 is 0 Å². The number of imidazole rings is 1. The number of aromatic nitrogens is 4. The zero-order valence-corrected chi connectivity index (χ0v) is 12.2. The first-order valence-electron chi connectivity index (χ1n) is 6.41. The van der Waals surface area contributed by atoms with Gasteiger partial charge in [0.2, 0.25) is 5.88 Å². The third kappa shape index (κ3) is 2.64. The summed E-state index contributed by atoms with van der Waals surface area (Å²) in [4.78, 5) is 11.3. The number of fused-ring (bicyclic) bond motifs is 1. The van der Waals surface area contributed by atoms with E-state index in [0.717, 1.165) is 5.56 Å². The number of aryl methyl sites for hydroxylation is 2. The molecule has 0 saturated carbocycles. The zero-order chi connectivity index (χ0) is 14.8. The van der Waals surface area contributed by atoms with E-state index in [0.29, 0.717) is 34.8 Å². The maximum absolute atomic E-state index is 13.2. The number of hydrogen-bond acceptors (Lipinski definition) is 4. The SMILES string of the molecule is COc1ncnc2c1[nH]c(=S)n2CCc1cccc(F)c1. The predicted molar refractivity (Wildman–Crippen MR) is 79.4 cm³/mol. The van der Waals surface area contributed by atoms with Crippen molar-refractivity contribution in [1.82, 2.24) is 19.5 Å². The number of ether oxygens (including phenoxy) is 1. The summed E-state index contributed by atoms with van der Waals surface area (Å²) in [5, 5.41) is 0. The number of nitrogens with one attached hydrogen (secondary N) is 1. The highest BCUT2D eigenvalue weighted by Crippen LogP contribution is 2.20. The molecule has 0 aliphatic carbocycles. The van der Waals surface area contributed by atoms with Gasteiger partial charge in [-0.05, 0) is 36.3 Å². The molecule has 0 fully saturated rings. The average molecular weight is 304 g/mol. The molecule has 1 N–H and O–H groups in total. The molecule has 0 aliphatic heterocycles. The van der Waals surface area contributed by atoms with Crippen LogP contribution in [0.4, 0.5) is 4.39 Å². The lowest BCUT2D eigenvalue weighted by atomic mass is 10.1. The van der Waals surface area contributed by atoms with Crippen LogP contribution in [0.2, 0.25) is 0 Å². The van der Waals surface area contributed by atoms with Gasteiger partial charge in [0.1, 0.15) is 17.7 Å². The van der Waals surface area contributed by atoms with E-state index in [4.69, 9.17) is 17.0 Å². The number of H-pyrrole nitrogens is 1. The summed E-state index contributed by atoms with van der Waals surface area (Å²) < 4.78 is 20.8. The van der Waals surface area contributed by atoms with E-state index in [1.165, 1.54) is 18.5 Å². The minimum absolute atomic E-state index is 0.237. The van der Waals surface area contributed by atoms with Crippen LogP contribution < -0.4 is 4.74 Å². The monoisotopic (exact) mass is 304 g/mol. The number of nitrogens with zero attached hydrogens (tertiary/aromatic N) is 3. The molecule has 1 aromatic carbocycles. The van der Waals surface area contributed by atoms with Gasteiger partial charge in [-0.25, -0.2) is 9.37 Å². The molecular formula is C14H13FN4OS. The van der Waals surface area contributed by atoms with Crippen LogP contribution in [0.5, 0.6) is 5.88 Å². The molecule has 0 radical (unpaired) electrons. The predicted octanol–water partition coefficient (Wildman–Crippen LogP) is 2.88. The molecule has 21 heavy (non-hydrogen) atoms. The first-order valence-corrected chi connectivity index (χ1v) is 6.82. The number of hydrogen-bond donors (Lipinski definition) is 1. The quantitative estimate of drug-likeness (QED) is 0.753.